The molecule has 2 aromatic rings. The predicted octanol–water partition coefficient (Wildman–Crippen LogP) is 2.30. The molecule has 0 aliphatic carbocycles. The van der Waals surface area contributed by atoms with Crippen LogP contribution in [0.15, 0.2) is 30.3 Å². The highest BCUT2D eigenvalue weighted by Crippen LogP contribution is 2.27. The second kappa shape index (κ2) is 4.58. The summed E-state index contributed by atoms with van der Waals surface area (Å²) in [6.07, 6.45) is 0. The van der Waals surface area contributed by atoms with Crippen molar-refractivity contribution in [3.05, 3.63) is 36.0 Å². The van der Waals surface area contributed by atoms with Gasteiger partial charge in [0.1, 0.15) is 0 Å². The molecule has 0 radical (unpaired) electrons. The largest absolute Gasteiger partial charge is 0.368 e. The van der Waals surface area contributed by atoms with Gasteiger partial charge in [0.15, 0.2) is 0 Å². The van der Waals surface area contributed by atoms with Crippen LogP contribution in [-0.4, -0.2) is 43.1 Å². The van der Waals surface area contributed by atoms with Gasteiger partial charge in [-0.1, -0.05) is 18.2 Å². The minimum atomic E-state index is 1.10. The number of hydrogen-bond donors (Lipinski definition) is 0. The van der Waals surface area contributed by atoms with E-state index in [0.717, 1.165) is 37.4 Å². The lowest BCUT2D eigenvalue weighted by Gasteiger charge is -2.34. The molecule has 1 aromatic carbocycles. The smallest absolute Gasteiger partial charge is 0.0726 e. The summed E-state index contributed by atoms with van der Waals surface area (Å²) in [4.78, 5) is 9.47. The number of hydrogen-bond acceptors (Lipinski definition) is 3. The summed E-state index contributed by atoms with van der Waals surface area (Å²) in [6.45, 7) is 6.55. The standard InChI is InChI=1S/C15H19N3/c1-12-11-15(18-9-7-17(2)8-10-18)13-5-3-4-6-14(13)16-12/h3-6,11H,7-10H2,1-2H3. The summed E-state index contributed by atoms with van der Waals surface area (Å²) in [6, 6.07) is 10.6. The van der Waals surface area contributed by atoms with Crippen molar-refractivity contribution >= 4 is 16.6 Å². The van der Waals surface area contributed by atoms with E-state index in [1.54, 1.807) is 0 Å². The van der Waals surface area contributed by atoms with Crippen LogP contribution in [0.4, 0.5) is 5.69 Å². The zero-order chi connectivity index (χ0) is 12.5. The van der Waals surface area contributed by atoms with Crippen molar-refractivity contribution in [3.8, 4) is 0 Å². The number of fused-ring (bicyclic) bond motifs is 1. The Balaban J connectivity index is 2.05. The summed E-state index contributed by atoms with van der Waals surface area (Å²) in [5, 5.41) is 1.27. The Hall–Kier alpha value is -1.61. The minimum Gasteiger partial charge on any atom is -0.368 e. The SMILES string of the molecule is Cc1cc(N2CCN(C)CC2)c2ccccc2n1. The molecule has 18 heavy (non-hydrogen) atoms. The van der Waals surface area contributed by atoms with E-state index in [4.69, 9.17) is 0 Å². The normalized spacial score (nSPS) is 17.3. The van der Waals surface area contributed by atoms with Crippen LogP contribution < -0.4 is 4.90 Å². The van der Waals surface area contributed by atoms with E-state index in [0.29, 0.717) is 0 Å². The summed E-state index contributed by atoms with van der Waals surface area (Å²) < 4.78 is 0. The zero-order valence-corrected chi connectivity index (χ0v) is 11.1. The second-order valence-corrected chi connectivity index (χ2v) is 5.09. The molecule has 0 N–H and O–H groups in total. The maximum Gasteiger partial charge on any atom is 0.0726 e. The summed E-state index contributed by atoms with van der Waals surface area (Å²) in [7, 11) is 2.19. The maximum absolute atomic E-state index is 4.61. The molecule has 3 rings (SSSR count). The first-order valence-corrected chi connectivity index (χ1v) is 6.54. The van der Waals surface area contributed by atoms with Gasteiger partial charge in [-0.2, -0.15) is 0 Å². The van der Waals surface area contributed by atoms with Crippen LogP contribution in [0.2, 0.25) is 0 Å². The number of nitrogens with zero attached hydrogens (tertiary/aromatic N) is 3. The highest BCUT2D eigenvalue weighted by Gasteiger charge is 2.16. The lowest BCUT2D eigenvalue weighted by molar-refractivity contribution is 0.313. The minimum absolute atomic E-state index is 1.10. The third kappa shape index (κ3) is 2.06. The molecule has 0 bridgehead atoms. The van der Waals surface area contributed by atoms with E-state index in [1.807, 2.05) is 0 Å². The molecule has 1 aromatic heterocycles. The van der Waals surface area contributed by atoms with Gasteiger partial charge in [0, 0.05) is 42.9 Å². The van der Waals surface area contributed by atoms with Crippen LogP contribution in [0, 0.1) is 6.92 Å². The average Bonchev–Trinajstić information content (AvgIpc) is 2.38. The number of piperazine rings is 1. The first-order chi connectivity index (χ1) is 8.74. The van der Waals surface area contributed by atoms with Gasteiger partial charge in [-0.05, 0) is 26.1 Å². The Morgan fingerprint density at radius 1 is 1.06 bits per heavy atom. The highest BCUT2D eigenvalue weighted by atomic mass is 15.2. The monoisotopic (exact) mass is 241 g/mol. The van der Waals surface area contributed by atoms with Crippen molar-refractivity contribution in [3.63, 3.8) is 0 Å². The van der Waals surface area contributed by atoms with E-state index >= 15 is 0 Å². The van der Waals surface area contributed by atoms with Crippen LogP contribution in [0.3, 0.4) is 0 Å². The number of aryl methyl sites for hydroxylation is 1. The highest BCUT2D eigenvalue weighted by molar-refractivity contribution is 5.92. The van der Waals surface area contributed by atoms with E-state index in [1.165, 1.54) is 11.1 Å². The molecular formula is C15H19N3. The van der Waals surface area contributed by atoms with E-state index in [9.17, 15) is 0 Å². The van der Waals surface area contributed by atoms with Gasteiger partial charge < -0.3 is 9.80 Å². The Morgan fingerprint density at radius 2 is 1.78 bits per heavy atom. The number of aromatic nitrogens is 1. The van der Waals surface area contributed by atoms with Crippen molar-refractivity contribution in [2.75, 3.05) is 38.1 Å². The molecule has 94 valence electrons. The number of rotatable bonds is 1. The topological polar surface area (TPSA) is 19.4 Å². The quantitative estimate of drug-likeness (QED) is 0.763. The van der Waals surface area contributed by atoms with E-state index in [2.05, 4.69) is 59.1 Å². The Morgan fingerprint density at radius 3 is 2.56 bits per heavy atom. The molecule has 0 saturated carbocycles. The van der Waals surface area contributed by atoms with Crippen LogP contribution in [-0.2, 0) is 0 Å². The molecule has 2 heterocycles. The second-order valence-electron chi connectivity index (χ2n) is 5.09. The third-order valence-electron chi connectivity index (χ3n) is 3.67. The fourth-order valence-electron chi connectivity index (χ4n) is 2.59. The zero-order valence-electron chi connectivity index (χ0n) is 11.1. The van der Waals surface area contributed by atoms with Crippen LogP contribution in [0.5, 0.6) is 0 Å². The lowest BCUT2D eigenvalue weighted by atomic mass is 10.1. The van der Waals surface area contributed by atoms with Gasteiger partial charge >= 0.3 is 0 Å². The molecule has 1 aliphatic rings. The molecule has 1 saturated heterocycles. The van der Waals surface area contributed by atoms with Gasteiger partial charge in [-0.3, -0.25) is 4.98 Å². The first-order valence-electron chi connectivity index (χ1n) is 6.54. The molecule has 0 atom stereocenters. The Kier molecular flexibility index (Phi) is 2.92. The number of benzene rings is 1. The van der Waals surface area contributed by atoms with Gasteiger partial charge in [0.25, 0.3) is 0 Å². The van der Waals surface area contributed by atoms with Crippen molar-refractivity contribution < 1.29 is 0 Å². The van der Waals surface area contributed by atoms with E-state index < -0.39 is 0 Å². The molecule has 1 fully saturated rings. The van der Waals surface area contributed by atoms with Gasteiger partial charge in [-0.15, -0.1) is 0 Å². The van der Waals surface area contributed by atoms with Crippen LogP contribution >= 0.6 is 0 Å². The Labute approximate surface area is 108 Å². The molecule has 1 aliphatic heterocycles. The van der Waals surface area contributed by atoms with Gasteiger partial charge in [0.2, 0.25) is 0 Å². The summed E-state index contributed by atoms with van der Waals surface area (Å²) in [5.74, 6) is 0. The van der Waals surface area contributed by atoms with Gasteiger partial charge in [0.05, 0.1) is 5.52 Å². The molecule has 0 spiro atoms. The fraction of sp³-hybridized carbons (Fsp3) is 0.400. The van der Waals surface area contributed by atoms with Crippen molar-refractivity contribution in [2.24, 2.45) is 0 Å². The molecule has 0 amide bonds. The van der Waals surface area contributed by atoms with Crippen LogP contribution in [0.1, 0.15) is 5.69 Å². The predicted molar refractivity (Wildman–Crippen MR) is 76.2 cm³/mol. The number of anilines is 1. The molecule has 3 nitrogen and oxygen atoms in total. The molecule has 0 unspecified atom stereocenters. The first kappa shape index (κ1) is 11.5. The number of para-hydroxylation sites is 1. The van der Waals surface area contributed by atoms with E-state index in [-0.39, 0.29) is 0 Å². The third-order valence-corrected chi connectivity index (χ3v) is 3.67. The van der Waals surface area contributed by atoms with Crippen molar-refractivity contribution in [2.45, 2.75) is 6.92 Å². The van der Waals surface area contributed by atoms with Gasteiger partial charge in [-0.25, -0.2) is 0 Å². The van der Waals surface area contributed by atoms with Crippen LogP contribution in [0.25, 0.3) is 10.9 Å². The Bertz CT molecular complexity index is 557. The number of pyridine rings is 1. The van der Waals surface area contributed by atoms with Crippen molar-refractivity contribution in [1.82, 2.24) is 9.88 Å². The maximum atomic E-state index is 4.61. The molecule has 3 heteroatoms. The fourth-order valence-corrected chi connectivity index (χ4v) is 2.59. The average molecular weight is 241 g/mol. The molecular weight excluding hydrogens is 222 g/mol. The summed E-state index contributed by atoms with van der Waals surface area (Å²) >= 11 is 0. The summed E-state index contributed by atoms with van der Waals surface area (Å²) in [5.41, 5.74) is 3.54. The lowest BCUT2D eigenvalue weighted by Crippen LogP contribution is -2.44. The number of likely N-dealkylation sites (N-methyl/N-ethyl adjacent to an activating group) is 1. The van der Waals surface area contributed by atoms with Crippen molar-refractivity contribution in [1.29, 1.82) is 0 Å².